The Kier molecular flexibility index (Phi) is 4.34. The SMILES string of the molecule is Cc1c(Cl)c(Br)cc2c1NC(=O)C2=Nc1ccc(Br)c(Cl)c1. The van der Waals surface area contributed by atoms with Crippen LogP contribution in [-0.2, 0) is 4.79 Å². The minimum Gasteiger partial charge on any atom is -0.320 e. The molecule has 0 fully saturated rings. The predicted octanol–water partition coefficient (Wildman–Crippen LogP) is 5.90. The van der Waals surface area contributed by atoms with Crippen molar-refractivity contribution >= 4 is 78.1 Å². The predicted molar refractivity (Wildman–Crippen MR) is 97.9 cm³/mol. The summed E-state index contributed by atoms with van der Waals surface area (Å²) in [7, 11) is 0. The molecule has 0 spiro atoms. The lowest BCUT2D eigenvalue weighted by atomic mass is 10.1. The number of carbonyl (C=O) groups excluding carboxylic acids is 1. The molecule has 2 aromatic carbocycles. The molecule has 0 aliphatic carbocycles. The van der Waals surface area contributed by atoms with Gasteiger partial charge in [-0.2, -0.15) is 0 Å². The number of rotatable bonds is 1. The van der Waals surface area contributed by atoms with Crippen molar-refractivity contribution in [2.24, 2.45) is 4.99 Å². The van der Waals surface area contributed by atoms with Crippen molar-refractivity contribution in [3.05, 3.63) is 54.4 Å². The molecule has 22 heavy (non-hydrogen) atoms. The molecular formula is C15H8Br2Cl2N2O. The molecule has 1 heterocycles. The zero-order valence-corrected chi connectivity index (χ0v) is 15.9. The van der Waals surface area contributed by atoms with E-state index in [0.717, 1.165) is 20.1 Å². The Hall–Kier alpha value is -0.880. The summed E-state index contributed by atoms with van der Waals surface area (Å²) in [4.78, 5) is 16.6. The Morgan fingerprint density at radius 1 is 1.14 bits per heavy atom. The highest BCUT2D eigenvalue weighted by Crippen LogP contribution is 2.38. The molecule has 3 nitrogen and oxygen atoms in total. The third-order valence-corrected chi connectivity index (χ3v) is 5.88. The quantitative estimate of drug-likeness (QED) is 0.563. The molecule has 0 bridgehead atoms. The summed E-state index contributed by atoms with van der Waals surface area (Å²) in [6, 6.07) is 7.06. The van der Waals surface area contributed by atoms with Gasteiger partial charge in [-0.1, -0.05) is 23.2 Å². The summed E-state index contributed by atoms with van der Waals surface area (Å²) in [5.74, 6) is -0.258. The third kappa shape index (κ3) is 2.71. The van der Waals surface area contributed by atoms with Gasteiger partial charge < -0.3 is 5.32 Å². The molecular weight excluding hydrogens is 455 g/mol. The van der Waals surface area contributed by atoms with Crippen LogP contribution >= 0.6 is 55.1 Å². The van der Waals surface area contributed by atoms with Crippen molar-refractivity contribution in [1.29, 1.82) is 0 Å². The van der Waals surface area contributed by atoms with Crippen LogP contribution in [0.5, 0.6) is 0 Å². The maximum absolute atomic E-state index is 12.2. The van der Waals surface area contributed by atoms with Crippen molar-refractivity contribution < 1.29 is 4.79 Å². The number of nitrogens with one attached hydrogen (secondary N) is 1. The number of benzene rings is 2. The van der Waals surface area contributed by atoms with Gasteiger partial charge in [0.1, 0.15) is 5.71 Å². The number of anilines is 1. The first kappa shape index (κ1) is 16.0. The Morgan fingerprint density at radius 3 is 2.55 bits per heavy atom. The zero-order chi connectivity index (χ0) is 16.0. The summed E-state index contributed by atoms with van der Waals surface area (Å²) in [5, 5.41) is 3.92. The molecule has 3 rings (SSSR count). The molecule has 2 aromatic rings. The highest BCUT2D eigenvalue weighted by molar-refractivity contribution is 9.10. The molecule has 0 atom stereocenters. The average molecular weight is 463 g/mol. The first-order chi connectivity index (χ1) is 10.4. The molecule has 7 heteroatoms. The minimum absolute atomic E-state index is 0.258. The van der Waals surface area contributed by atoms with Gasteiger partial charge in [-0.15, -0.1) is 0 Å². The summed E-state index contributed by atoms with van der Waals surface area (Å²) < 4.78 is 1.50. The minimum atomic E-state index is -0.258. The molecule has 0 radical (unpaired) electrons. The van der Waals surface area contributed by atoms with E-state index < -0.39 is 0 Å². The lowest BCUT2D eigenvalue weighted by molar-refractivity contribution is -0.110. The van der Waals surface area contributed by atoms with Crippen molar-refractivity contribution in [3.8, 4) is 0 Å². The molecule has 0 saturated heterocycles. The van der Waals surface area contributed by atoms with E-state index in [9.17, 15) is 4.79 Å². The van der Waals surface area contributed by atoms with Crippen molar-refractivity contribution in [1.82, 2.24) is 0 Å². The van der Waals surface area contributed by atoms with Crippen LogP contribution in [0.1, 0.15) is 11.1 Å². The van der Waals surface area contributed by atoms with Crippen LogP contribution in [0, 0.1) is 6.92 Å². The van der Waals surface area contributed by atoms with Crippen LogP contribution in [0.4, 0.5) is 11.4 Å². The van der Waals surface area contributed by atoms with E-state index in [2.05, 4.69) is 42.2 Å². The number of halogens is 4. The molecule has 0 unspecified atom stereocenters. The Bertz CT molecular complexity index is 850. The van der Waals surface area contributed by atoms with E-state index in [1.165, 1.54) is 0 Å². The Morgan fingerprint density at radius 2 is 1.86 bits per heavy atom. The van der Waals surface area contributed by atoms with E-state index in [0.29, 0.717) is 27.1 Å². The molecule has 1 aliphatic rings. The number of aliphatic imine (C=N–C) groups is 1. The molecule has 1 aliphatic heterocycles. The Balaban J connectivity index is 2.16. The van der Waals surface area contributed by atoms with E-state index in [1.54, 1.807) is 24.3 Å². The first-order valence-electron chi connectivity index (χ1n) is 6.22. The van der Waals surface area contributed by atoms with E-state index in [-0.39, 0.29) is 5.91 Å². The second kappa shape index (κ2) is 5.96. The number of carbonyl (C=O) groups is 1. The van der Waals surface area contributed by atoms with Crippen molar-refractivity contribution in [2.45, 2.75) is 6.92 Å². The smallest absolute Gasteiger partial charge is 0.275 e. The second-order valence-corrected chi connectivity index (χ2v) is 7.23. The number of amides is 1. The lowest BCUT2D eigenvalue weighted by Gasteiger charge is -2.07. The molecule has 1 amide bonds. The number of nitrogens with zero attached hydrogens (tertiary/aromatic N) is 1. The van der Waals surface area contributed by atoms with Gasteiger partial charge in [0.15, 0.2) is 0 Å². The molecule has 112 valence electrons. The maximum Gasteiger partial charge on any atom is 0.275 e. The normalized spacial score (nSPS) is 15.1. The van der Waals surface area contributed by atoms with Gasteiger partial charge in [0.2, 0.25) is 0 Å². The largest absolute Gasteiger partial charge is 0.320 e. The van der Waals surface area contributed by atoms with Crippen LogP contribution < -0.4 is 5.32 Å². The highest BCUT2D eigenvalue weighted by atomic mass is 79.9. The van der Waals surface area contributed by atoms with E-state index >= 15 is 0 Å². The van der Waals surface area contributed by atoms with Gasteiger partial charge >= 0.3 is 0 Å². The summed E-state index contributed by atoms with van der Waals surface area (Å²) in [6.45, 7) is 1.85. The van der Waals surface area contributed by atoms with E-state index in [4.69, 9.17) is 23.2 Å². The van der Waals surface area contributed by atoms with Gasteiger partial charge in [0.25, 0.3) is 5.91 Å². The fraction of sp³-hybridized carbons (Fsp3) is 0.0667. The zero-order valence-electron chi connectivity index (χ0n) is 11.2. The van der Waals surface area contributed by atoms with Crippen LogP contribution in [-0.4, -0.2) is 11.6 Å². The summed E-state index contributed by atoms with van der Waals surface area (Å²) >= 11 is 19.0. The fourth-order valence-electron chi connectivity index (χ4n) is 2.19. The first-order valence-corrected chi connectivity index (χ1v) is 8.56. The van der Waals surface area contributed by atoms with Crippen molar-refractivity contribution in [2.75, 3.05) is 5.32 Å². The standard InChI is InChI=1S/C15H8Br2Cl2N2O/c1-6-12(19)10(17)5-8-13(6)21-15(22)14(8)20-7-2-3-9(16)11(18)4-7/h2-5H,1H3,(H,20,21,22). The van der Waals surface area contributed by atoms with Crippen molar-refractivity contribution in [3.63, 3.8) is 0 Å². The number of hydrogen-bond donors (Lipinski definition) is 1. The van der Waals surface area contributed by atoms with Crippen LogP contribution in [0.15, 0.2) is 38.2 Å². The average Bonchev–Trinajstić information content (AvgIpc) is 2.78. The lowest BCUT2D eigenvalue weighted by Crippen LogP contribution is -2.14. The summed E-state index contributed by atoms with van der Waals surface area (Å²) in [6.07, 6.45) is 0. The monoisotopic (exact) mass is 460 g/mol. The summed E-state index contributed by atoms with van der Waals surface area (Å²) in [5.41, 5.74) is 3.17. The highest BCUT2D eigenvalue weighted by Gasteiger charge is 2.29. The fourth-order valence-corrected chi connectivity index (χ4v) is 3.29. The third-order valence-electron chi connectivity index (χ3n) is 3.31. The number of hydrogen-bond acceptors (Lipinski definition) is 2. The number of fused-ring (bicyclic) bond motifs is 1. The van der Waals surface area contributed by atoms with Crippen LogP contribution in [0.3, 0.4) is 0 Å². The molecule has 0 aromatic heterocycles. The van der Waals surface area contributed by atoms with Gasteiger partial charge in [0.05, 0.1) is 21.4 Å². The maximum atomic E-state index is 12.2. The van der Waals surface area contributed by atoms with Crippen LogP contribution in [0.25, 0.3) is 0 Å². The molecule has 0 saturated carbocycles. The second-order valence-electron chi connectivity index (χ2n) is 4.73. The van der Waals surface area contributed by atoms with E-state index in [1.807, 2.05) is 6.92 Å². The van der Waals surface area contributed by atoms with Crippen LogP contribution in [0.2, 0.25) is 10.0 Å². The van der Waals surface area contributed by atoms with Gasteiger partial charge in [-0.3, -0.25) is 4.79 Å². The van der Waals surface area contributed by atoms with Gasteiger partial charge in [-0.05, 0) is 68.6 Å². The van der Waals surface area contributed by atoms with Gasteiger partial charge in [-0.25, -0.2) is 4.99 Å². The molecule has 1 N–H and O–H groups in total. The topological polar surface area (TPSA) is 41.5 Å². The van der Waals surface area contributed by atoms with Gasteiger partial charge in [0, 0.05) is 14.5 Å². The Labute approximate surface area is 154 Å².